The standard InChI is InChI=1S/C12H19NS/c1-5-10-6-8-11(9-7-10)14-12(2,3)13-4/h6-9,13H,5H2,1-4H3. The lowest BCUT2D eigenvalue weighted by Crippen LogP contribution is -2.31. The van der Waals surface area contributed by atoms with Gasteiger partial charge in [-0.05, 0) is 45.0 Å². The van der Waals surface area contributed by atoms with Crippen LogP contribution < -0.4 is 5.32 Å². The molecular weight excluding hydrogens is 190 g/mol. The number of hydrogen-bond acceptors (Lipinski definition) is 2. The number of nitrogens with one attached hydrogen (secondary N) is 1. The van der Waals surface area contributed by atoms with Crippen LogP contribution in [0, 0.1) is 0 Å². The van der Waals surface area contributed by atoms with Gasteiger partial charge in [0.1, 0.15) is 0 Å². The van der Waals surface area contributed by atoms with Crippen LogP contribution in [0.25, 0.3) is 0 Å². The molecule has 0 amide bonds. The lowest BCUT2D eigenvalue weighted by atomic mass is 10.2. The molecule has 1 N–H and O–H groups in total. The summed E-state index contributed by atoms with van der Waals surface area (Å²) in [6.45, 7) is 6.55. The number of thioether (sulfide) groups is 1. The fourth-order valence-electron chi connectivity index (χ4n) is 1.14. The highest BCUT2D eigenvalue weighted by atomic mass is 32.2. The molecular formula is C12H19NS. The molecule has 0 aliphatic rings. The average molecular weight is 209 g/mol. The molecule has 0 radical (unpaired) electrons. The summed E-state index contributed by atoms with van der Waals surface area (Å²) < 4.78 is 0. The Morgan fingerprint density at radius 3 is 2.21 bits per heavy atom. The summed E-state index contributed by atoms with van der Waals surface area (Å²) in [5.41, 5.74) is 1.40. The van der Waals surface area contributed by atoms with Crippen molar-refractivity contribution >= 4 is 11.8 Å². The van der Waals surface area contributed by atoms with Crippen molar-refractivity contribution in [3.63, 3.8) is 0 Å². The second-order valence-corrected chi connectivity index (χ2v) is 5.56. The molecule has 1 rings (SSSR count). The van der Waals surface area contributed by atoms with Crippen molar-refractivity contribution in [2.45, 2.75) is 37.0 Å². The van der Waals surface area contributed by atoms with Crippen LogP contribution in [-0.4, -0.2) is 11.9 Å². The van der Waals surface area contributed by atoms with E-state index in [1.807, 2.05) is 18.8 Å². The summed E-state index contributed by atoms with van der Waals surface area (Å²) >= 11 is 1.85. The Morgan fingerprint density at radius 1 is 1.21 bits per heavy atom. The van der Waals surface area contributed by atoms with Gasteiger partial charge in [-0.2, -0.15) is 0 Å². The number of hydrogen-bond donors (Lipinski definition) is 1. The zero-order valence-corrected chi connectivity index (χ0v) is 10.2. The minimum absolute atomic E-state index is 0.105. The van der Waals surface area contributed by atoms with Crippen molar-refractivity contribution in [3.05, 3.63) is 29.8 Å². The minimum Gasteiger partial charge on any atom is -0.306 e. The van der Waals surface area contributed by atoms with E-state index in [1.165, 1.54) is 10.5 Å². The molecule has 0 aromatic heterocycles. The first-order chi connectivity index (χ1) is 6.57. The van der Waals surface area contributed by atoms with Gasteiger partial charge in [-0.25, -0.2) is 0 Å². The van der Waals surface area contributed by atoms with Crippen LogP contribution in [0.5, 0.6) is 0 Å². The van der Waals surface area contributed by atoms with Gasteiger partial charge in [0, 0.05) is 4.90 Å². The van der Waals surface area contributed by atoms with E-state index < -0.39 is 0 Å². The van der Waals surface area contributed by atoms with Crippen LogP contribution in [0.2, 0.25) is 0 Å². The smallest absolute Gasteiger partial charge is 0.0632 e. The molecule has 0 atom stereocenters. The average Bonchev–Trinajstić information content (AvgIpc) is 2.19. The van der Waals surface area contributed by atoms with E-state index in [2.05, 4.69) is 50.4 Å². The second kappa shape index (κ2) is 4.85. The van der Waals surface area contributed by atoms with Gasteiger partial charge in [-0.15, -0.1) is 11.8 Å². The SMILES string of the molecule is CCc1ccc(SC(C)(C)NC)cc1. The normalized spacial score (nSPS) is 11.7. The van der Waals surface area contributed by atoms with E-state index in [0.717, 1.165) is 6.42 Å². The Hall–Kier alpha value is -0.470. The van der Waals surface area contributed by atoms with Gasteiger partial charge in [0.15, 0.2) is 0 Å². The molecule has 0 saturated heterocycles. The largest absolute Gasteiger partial charge is 0.306 e. The predicted molar refractivity (Wildman–Crippen MR) is 64.8 cm³/mol. The van der Waals surface area contributed by atoms with Crippen LogP contribution in [0.15, 0.2) is 29.2 Å². The Bertz CT molecular complexity index is 277. The fraction of sp³-hybridized carbons (Fsp3) is 0.500. The highest BCUT2D eigenvalue weighted by Crippen LogP contribution is 2.29. The van der Waals surface area contributed by atoms with Gasteiger partial charge >= 0.3 is 0 Å². The van der Waals surface area contributed by atoms with E-state index in [0.29, 0.717) is 0 Å². The molecule has 2 heteroatoms. The lowest BCUT2D eigenvalue weighted by Gasteiger charge is -2.23. The van der Waals surface area contributed by atoms with Crippen LogP contribution in [-0.2, 0) is 6.42 Å². The molecule has 0 heterocycles. The first-order valence-electron chi connectivity index (χ1n) is 5.04. The molecule has 1 aromatic carbocycles. The maximum absolute atomic E-state index is 3.28. The molecule has 0 spiro atoms. The van der Waals surface area contributed by atoms with Crippen LogP contribution >= 0.6 is 11.8 Å². The summed E-state index contributed by atoms with van der Waals surface area (Å²) in [6, 6.07) is 8.80. The van der Waals surface area contributed by atoms with Gasteiger partial charge in [0.25, 0.3) is 0 Å². The summed E-state index contributed by atoms with van der Waals surface area (Å²) in [5, 5.41) is 3.28. The topological polar surface area (TPSA) is 12.0 Å². The number of benzene rings is 1. The molecule has 0 fully saturated rings. The molecule has 1 nitrogen and oxygen atoms in total. The first-order valence-corrected chi connectivity index (χ1v) is 5.86. The van der Waals surface area contributed by atoms with Crippen LogP contribution in [0.1, 0.15) is 26.3 Å². The Morgan fingerprint density at radius 2 is 1.79 bits per heavy atom. The maximum atomic E-state index is 3.28. The highest BCUT2D eigenvalue weighted by molar-refractivity contribution is 8.00. The fourth-order valence-corrected chi connectivity index (χ4v) is 2.10. The Balaban J connectivity index is 2.69. The van der Waals surface area contributed by atoms with Gasteiger partial charge in [-0.3, -0.25) is 0 Å². The lowest BCUT2D eigenvalue weighted by molar-refractivity contribution is 0.609. The monoisotopic (exact) mass is 209 g/mol. The van der Waals surface area contributed by atoms with Gasteiger partial charge in [-0.1, -0.05) is 19.1 Å². The predicted octanol–water partition coefficient (Wildman–Crippen LogP) is 3.30. The molecule has 0 bridgehead atoms. The molecule has 78 valence electrons. The van der Waals surface area contributed by atoms with Crippen molar-refractivity contribution in [1.82, 2.24) is 5.32 Å². The molecule has 0 unspecified atom stereocenters. The Kier molecular flexibility index (Phi) is 4.02. The van der Waals surface area contributed by atoms with Crippen molar-refractivity contribution in [2.24, 2.45) is 0 Å². The highest BCUT2D eigenvalue weighted by Gasteiger charge is 2.15. The van der Waals surface area contributed by atoms with Crippen LogP contribution in [0.4, 0.5) is 0 Å². The number of rotatable bonds is 4. The van der Waals surface area contributed by atoms with Crippen molar-refractivity contribution in [3.8, 4) is 0 Å². The van der Waals surface area contributed by atoms with Gasteiger partial charge in [0.05, 0.1) is 4.87 Å². The summed E-state index contributed by atoms with van der Waals surface area (Å²) in [7, 11) is 1.99. The zero-order valence-electron chi connectivity index (χ0n) is 9.42. The van der Waals surface area contributed by atoms with Crippen molar-refractivity contribution < 1.29 is 0 Å². The third-order valence-electron chi connectivity index (χ3n) is 2.31. The molecule has 0 saturated carbocycles. The molecule has 14 heavy (non-hydrogen) atoms. The quantitative estimate of drug-likeness (QED) is 0.603. The summed E-state index contributed by atoms with van der Waals surface area (Å²) in [4.78, 5) is 1.43. The summed E-state index contributed by atoms with van der Waals surface area (Å²) in [5.74, 6) is 0. The molecule has 0 aliphatic carbocycles. The molecule has 1 aromatic rings. The third-order valence-corrected chi connectivity index (χ3v) is 3.53. The molecule has 0 aliphatic heterocycles. The van der Waals surface area contributed by atoms with Gasteiger partial charge < -0.3 is 5.32 Å². The van der Waals surface area contributed by atoms with E-state index in [9.17, 15) is 0 Å². The van der Waals surface area contributed by atoms with E-state index in [1.54, 1.807) is 0 Å². The van der Waals surface area contributed by atoms with Crippen molar-refractivity contribution in [2.75, 3.05) is 7.05 Å². The van der Waals surface area contributed by atoms with Gasteiger partial charge in [0.2, 0.25) is 0 Å². The summed E-state index contributed by atoms with van der Waals surface area (Å²) in [6.07, 6.45) is 1.11. The maximum Gasteiger partial charge on any atom is 0.0632 e. The van der Waals surface area contributed by atoms with E-state index in [-0.39, 0.29) is 4.87 Å². The first kappa shape index (κ1) is 11.6. The Labute approximate surface area is 91.3 Å². The van der Waals surface area contributed by atoms with Crippen LogP contribution in [0.3, 0.4) is 0 Å². The minimum atomic E-state index is 0.105. The zero-order chi connectivity index (χ0) is 10.6. The number of aryl methyl sites for hydroxylation is 1. The second-order valence-electron chi connectivity index (χ2n) is 3.86. The van der Waals surface area contributed by atoms with E-state index in [4.69, 9.17) is 0 Å². The third kappa shape index (κ3) is 3.35. The van der Waals surface area contributed by atoms with Crippen molar-refractivity contribution in [1.29, 1.82) is 0 Å². The van der Waals surface area contributed by atoms with E-state index >= 15 is 0 Å².